The van der Waals surface area contributed by atoms with Crippen molar-refractivity contribution in [3.8, 4) is 0 Å². The molecule has 0 spiro atoms. The molecular weight excluding hydrogens is 138 g/mol. The van der Waals surface area contributed by atoms with Gasteiger partial charge in [0.25, 0.3) is 0 Å². The summed E-state index contributed by atoms with van der Waals surface area (Å²) in [5.74, 6) is 0.419. The largest absolute Gasteiger partial charge is 0.378 e. The summed E-state index contributed by atoms with van der Waals surface area (Å²) in [5, 5.41) is 9.52. The summed E-state index contributed by atoms with van der Waals surface area (Å²) in [7, 11) is 0. The van der Waals surface area contributed by atoms with E-state index in [0.717, 1.165) is 19.5 Å². The van der Waals surface area contributed by atoms with Crippen LogP contribution in [-0.2, 0) is 0 Å². The topological polar surface area (TPSA) is 23.5 Å². The van der Waals surface area contributed by atoms with Crippen molar-refractivity contribution in [2.45, 2.75) is 32.4 Å². The van der Waals surface area contributed by atoms with Crippen LogP contribution in [0.15, 0.2) is 0 Å². The van der Waals surface area contributed by atoms with Crippen LogP contribution in [0.3, 0.4) is 0 Å². The van der Waals surface area contributed by atoms with Gasteiger partial charge in [-0.2, -0.15) is 0 Å². The fourth-order valence-electron chi connectivity index (χ4n) is 1.59. The summed E-state index contributed by atoms with van der Waals surface area (Å²) in [6, 6.07) is 0. The van der Waals surface area contributed by atoms with Gasteiger partial charge in [-0.3, -0.25) is 4.90 Å². The summed E-state index contributed by atoms with van der Waals surface area (Å²) in [6.07, 6.45) is 3.13. The maximum Gasteiger partial charge on any atom is 0.107 e. The first-order valence-electron chi connectivity index (χ1n) is 4.45. The lowest BCUT2D eigenvalue weighted by atomic mass is 10.1. The van der Waals surface area contributed by atoms with Gasteiger partial charge in [-0.15, -0.1) is 0 Å². The predicted octanol–water partition coefficient (Wildman–Crippen LogP) is 1.26. The highest BCUT2D eigenvalue weighted by atomic mass is 16.3. The van der Waals surface area contributed by atoms with Crippen LogP contribution in [0.2, 0.25) is 0 Å². The fraction of sp³-hybridized carbons (Fsp3) is 0.889. The van der Waals surface area contributed by atoms with Crippen molar-refractivity contribution in [3.63, 3.8) is 0 Å². The Bertz CT molecular complexity index is 114. The van der Waals surface area contributed by atoms with Gasteiger partial charge in [-0.05, 0) is 32.1 Å². The van der Waals surface area contributed by atoms with E-state index in [1.165, 1.54) is 12.8 Å². The molecule has 1 aliphatic rings. The third kappa shape index (κ3) is 2.80. The highest BCUT2D eigenvalue weighted by molar-refractivity contribution is 4.71. The first kappa shape index (κ1) is 9.01. The summed E-state index contributed by atoms with van der Waals surface area (Å²) < 4.78 is 0. The van der Waals surface area contributed by atoms with Crippen LogP contribution in [0.5, 0.6) is 0 Å². The Morgan fingerprint density at radius 1 is 1.64 bits per heavy atom. The van der Waals surface area contributed by atoms with Crippen molar-refractivity contribution < 1.29 is 5.11 Å². The maximum atomic E-state index is 9.52. The van der Waals surface area contributed by atoms with Crippen molar-refractivity contribution >= 4 is 0 Å². The molecule has 0 aromatic rings. The monoisotopic (exact) mass is 156 g/mol. The molecule has 2 heteroatoms. The van der Waals surface area contributed by atoms with E-state index in [0.29, 0.717) is 5.92 Å². The third-order valence-electron chi connectivity index (χ3n) is 2.13. The molecule has 1 radical (unpaired) electrons. The normalized spacial score (nSPS) is 27.8. The molecule has 2 nitrogen and oxygen atoms in total. The summed E-state index contributed by atoms with van der Waals surface area (Å²) in [6.45, 7) is 7.97. The lowest BCUT2D eigenvalue weighted by Gasteiger charge is -2.33. The van der Waals surface area contributed by atoms with Gasteiger partial charge in [0, 0.05) is 13.1 Å². The summed E-state index contributed by atoms with van der Waals surface area (Å²) in [4.78, 5) is 2.13. The predicted molar refractivity (Wildman–Crippen MR) is 46.0 cm³/mol. The van der Waals surface area contributed by atoms with Crippen LogP contribution in [0.1, 0.15) is 26.2 Å². The number of rotatable bonds is 2. The van der Waals surface area contributed by atoms with Gasteiger partial charge >= 0.3 is 0 Å². The molecule has 65 valence electrons. The molecule has 0 saturated carbocycles. The average molecular weight is 156 g/mol. The number of aliphatic hydroxyl groups is 1. The van der Waals surface area contributed by atoms with Gasteiger partial charge < -0.3 is 5.11 Å². The van der Waals surface area contributed by atoms with E-state index in [2.05, 4.69) is 18.7 Å². The van der Waals surface area contributed by atoms with E-state index in [-0.39, 0.29) is 6.23 Å². The Labute approximate surface area is 69.2 Å². The van der Waals surface area contributed by atoms with Crippen molar-refractivity contribution in [1.29, 1.82) is 0 Å². The van der Waals surface area contributed by atoms with E-state index < -0.39 is 0 Å². The standard InChI is InChI=1S/C9H18NO/c1-8(2)7-10-6-4-3-5-9(10)11/h8-9,11H,1,3-7H2,2H3. The van der Waals surface area contributed by atoms with E-state index in [1.54, 1.807) is 0 Å². The molecule has 0 aliphatic carbocycles. The van der Waals surface area contributed by atoms with Gasteiger partial charge in [0.15, 0.2) is 0 Å². The van der Waals surface area contributed by atoms with Crippen LogP contribution in [0.25, 0.3) is 0 Å². The third-order valence-corrected chi connectivity index (χ3v) is 2.13. The Balaban J connectivity index is 2.29. The second kappa shape index (κ2) is 4.07. The highest BCUT2D eigenvalue weighted by Gasteiger charge is 2.19. The molecule has 1 rings (SSSR count). The summed E-state index contributed by atoms with van der Waals surface area (Å²) in [5.41, 5.74) is 0. The van der Waals surface area contributed by atoms with Gasteiger partial charge in [-0.25, -0.2) is 0 Å². The van der Waals surface area contributed by atoms with Crippen molar-refractivity contribution in [2.75, 3.05) is 13.1 Å². The van der Waals surface area contributed by atoms with Crippen molar-refractivity contribution in [2.24, 2.45) is 5.92 Å². The van der Waals surface area contributed by atoms with Gasteiger partial charge in [0.1, 0.15) is 6.23 Å². The van der Waals surface area contributed by atoms with E-state index in [9.17, 15) is 5.11 Å². The Morgan fingerprint density at radius 2 is 2.36 bits per heavy atom. The number of hydrogen-bond donors (Lipinski definition) is 1. The minimum absolute atomic E-state index is 0.201. The zero-order chi connectivity index (χ0) is 8.27. The molecule has 1 N–H and O–H groups in total. The van der Waals surface area contributed by atoms with E-state index >= 15 is 0 Å². The lowest BCUT2D eigenvalue weighted by Crippen LogP contribution is -2.41. The highest BCUT2D eigenvalue weighted by Crippen LogP contribution is 2.15. The fourth-order valence-corrected chi connectivity index (χ4v) is 1.59. The van der Waals surface area contributed by atoms with Crippen LogP contribution in [0, 0.1) is 12.8 Å². The van der Waals surface area contributed by atoms with Gasteiger partial charge in [0.2, 0.25) is 0 Å². The Hall–Kier alpha value is -0.0800. The molecule has 1 heterocycles. The molecule has 11 heavy (non-hydrogen) atoms. The second-order valence-electron chi connectivity index (χ2n) is 3.58. The van der Waals surface area contributed by atoms with Gasteiger partial charge in [0.05, 0.1) is 0 Å². The Morgan fingerprint density at radius 3 is 2.91 bits per heavy atom. The first-order chi connectivity index (χ1) is 5.20. The SMILES string of the molecule is [CH2]C(C)CN1CCCCC1O. The molecule has 1 aliphatic heterocycles. The Kier molecular flexibility index (Phi) is 3.34. The van der Waals surface area contributed by atoms with E-state index in [1.807, 2.05) is 0 Å². The van der Waals surface area contributed by atoms with Crippen LogP contribution < -0.4 is 0 Å². The van der Waals surface area contributed by atoms with Crippen LogP contribution in [0.4, 0.5) is 0 Å². The number of likely N-dealkylation sites (tertiary alicyclic amines) is 1. The summed E-state index contributed by atoms with van der Waals surface area (Å²) >= 11 is 0. The quantitative estimate of drug-likeness (QED) is 0.650. The number of nitrogens with zero attached hydrogens (tertiary/aromatic N) is 1. The van der Waals surface area contributed by atoms with Gasteiger partial charge in [-0.1, -0.05) is 6.92 Å². The molecule has 1 saturated heterocycles. The second-order valence-corrected chi connectivity index (χ2v) is 3.58. The zero-order valence-electron chi connectivity index (χ0n) is 7.29. The molecule has 0 amide bonds. The molecule has 1 fully saturated rings. The average Bonchev–Trinajstić information content (AvgIpc) is 1.93. The van der Waals surface area contributed by atoms with Crippen LogP contribution in [-0.4, -0.2) is 29.3 Å². The van der Waals surface area contributed by atoms with Crippen molar-refractivity contribution in [1.82, 2.24) is 4.90 Å². The molecule has 0 bridgehead atoms. The smallest absolute Gasteiger partial charge is 0.107 e. The minimum atomic E-state index is -0.201. The van der Waals surface area contributed by atoms with Crippen molar-refractivity contribution in [3.05, 3.63) is 6.92 Å². The number of aliphatic hydroxyl groups excluding tert-OH is 1. The van der Waals surface area contributed by atoms with Crippen LogP contribution >= 0.6 is 0 Å². The van der Waals surface area contributed by atoms with E-state index in [4.69, 9.17) is 0 Å². The number of hydrogen-bond acceptors (Lipinski definition) is 2. The molecule has 0 aromatic carbocycles. The first-order valence-corrected chi connectivity index (χ1v) is 4.45. The maximum absolute atomic E-state index is 9.52. The number of piperidine rings is 1. The zero-order valence-corrected chi connectivity index (χ0v) is 7.29. The molecular formula is C9H18NO. The molecule has 0 aromatic heterocycles. The molecule has 2 atom stereocenters. The lowest BCUT2D eigenvalue weighted by molar-refractivity contribution is -0.0281. The minimum Gasteiger partial charge on any atom is -0.378 e. The molecule has 2 unspecified atom stereocenters.